The number of rotatable bonds is 6. The number of nitrogens with one attached hydrogen (secondary N) is 1. The quantitative estimate of drug-likeness (QED) is 0.684. The molecule has 2 amide bonds. The molecule has 6 heteroatoms. The van der Waals surface area contributed by atoms with Gasteiger partial charge in [-0.05, 0) is 25.7 Å². The predicted molar refractivity (Wildman–Crippen MR) is 67.1 cm³/mol. The summed E-state index contributed by atoms with van der Waals surface area (Å²) in [4.78, 5) is 36.5. The maximum Gasteiger partial charge on any atom is 0.325 e. The summed E-state index contributed by atoms with van der Waals surface area (Å²) in [7, 11) is 0. The third-order valence-corrected chi connectivity index (χ3v) is 3.47. The number of carbonyl (C=O) groups is 3. The maximum absolute atomic E-state index is 11.8. The summed E-state index contributed by atoms with van der Waals surface area (Å²) < 4.78 is 4.73. The molecule has 1 aliphatic heterocycles. The smallest absolute Gasteiger partial charge is 0.325 e. The van der Waals surface area contributed by atoms with Gasteiger partial charge in [-0.2, -0.15) is 0 Å². The normalized spacial score (nSPS) is 22.5. The summed E-state index contributed by atoms with van der Waals surface area (Å²) >= 11 is 0. The minimum absolute atomic E-state index is 0.0446. The van der Waals surface area contributed by atoms with Gasteiger partial charge in [-0.25, -0.2) is 0 Å². The van der Waals surface area contributed by atoms with E-state index in [9.17, 15) is 14.4 Å². The van der Waals surface area contributed by atoms with E-state index in [-0.39, 0.29) is 30.7 Å². The second-order valence-corrected chi connectivity index (χ2v) is 5.17. The standard InChI is InChI=1S/C13H20N2O4/c1-2-19-12(17)6-14-13(18)10-5-11(16)15(8-10)7-9-3-4-9/h9-10H,2-8H2,1H3,(H,14,18). The predicted octanol–water partition coefficient (Wildman–Crippen LogP) is -0.0758. The lowest BCUT2D eigenvalue weighted by molar-refractivity contribution is -0.143. The molecule has 6 nitrogen and oxygen atoms in total. The van der Waals surface area contributed by atoms with Gasteiger partial charge in [0.25, 0.3) is 0 Å². The van der Waals surface area contributed by atoms with Crippen molar-refractivity contribution >= 4 is 17.8 Å². The lowest BCUT2D eigenvalue weighted by Gasteiger charge is -2.15. The molecule has 2 aliphatic rings. The molecule has 2 fully saturated rings. The third-order valence-electron chi connectivity index (χ3n) is 3.47. The van der Waals surface area contributed by atoms with Crippen LogP contribution in [0.3, 0.4) is 0 Å². The molecule has 0 aromatic heterocycles. The first kappa shape index (κ1) is 13.8. The topological polar surface area (TPSA) is 75.7 Å². The molecule has 0 bridgehead atoms. The second-order valence-electron chi connectivity index (χ2n) is 5.17. The Morgan fingerprint density at radius 3 is 2.79 bits per heavy atom. The minimum atomic E-state index is -0.449. The number of amides is 2. The van der Waals surface area contributed by atoms with Crippen LogP contribution in [0.25, 0.3) is 0 Å². The molecule has 1 N–H and O–H groups in total. The van der Waals surface area contributed by atoms with Crippen LogP contribution in [0.1, 0.15) is 26.2 Å². The largest absolute Gasteiger partial charge is 0.465 e. The molecule has 1 unspecified atom stereocenters. The van der Waals surface area contributed by atoms with Crippen molar-refractivity contribution in [2.24, 2.45) is 11.8 Å². The van der Waals surface area contributed by atoms with Crippen molar-refractivity contribution in [2.45, 2.75) is 26.2 Å². The van der Waals surface area contributed by atoms with Gasteiger partial charge in [0, 0.05) is 19.5 Å². The van der Waals surface area contributed by atoms with E-state index >= 15 is 0 Å². The highest BCUT2D eigenvalue weighted by molar-refractivity contribution is 5.90. The van der Waals surface area contributed by atoms with Crippen LogP contribution in [0, 0.1) is 11.8 Å². The van der Waals surface area contributed by atoms with Gasteiger partial charge >= 0.3 is 5.97 Å². The van der Waals surface area contributed by atoms with E-state index in [4.69, 9.17) is 4.74 Å². The molecule has 1 saturated carbocycles. The van der Waals surface area contributed by atoms with E-state index in [0.29, 0.717) is 19.1 Å². The van der Waals surface area contributed by atoms with Crippen LogP contribution in [-0.2, 0) is 19.1 Å². The first-order valence-corrected chi connectivity index (χ1v) is 6.81. The summed E-state index contributed by atoms with van der Waals surface area (Å²) in [6.07, 6.45) is 2.62. The molecule has 19 heavy (non-hydrogen) atoms. The average Bonchev–Trinajstić information content (AvgIpc) is 3.11. The van der Waals surface area contributed by atoms with Crippen molar-refractivity contribution in [3.63, 3.8) is 0 Å². The van der Waals surface area contributed by atoms with Gasteiger partial charge < -0.3 is 15.0 Å². The van der Waals surface area contributed by atoms with Crippen molar-refractivity contribution in [1.82, 2.24) is 10.2 Å². The van der Waals surface area contributed by atoms with Crippen LogP contribution >= 0.6 is 0 Å². The Bertz CT molecular complexity index is 379. The fraction of sp³-hybridized carbons (Fsp3) is 0.769. The molecule has 1 heterocycles. The highest BCUT2D eigenvalue weighted by Gasteiger charge is 2.37. The fourth-order valence-corrected chi connectivity index (χ4v) is 2.25. The van der Waals surface area contributed by atoms with Gasteiger partial charge in [-0.1, -0.05) is 0 Å². The summed E-state index contributed by atoms with van der Waals surface area (Å²) in [5, 5.41) is 2.53. The first-order chi connectivity index (χ1) is 9.10. The molecule has 1 saturated heterocycles. The Morgan fingerprint density at radius 2 is 2.16 bits per heavy atom. The molecular formula is C13H20N2O4. The Balaban J connectivity index is 1.73. The number of esters is 1. The molecule has 0 spiro atoms. The van der Waals surface area contributed by atoms with E-state index in [1.165, 1.54) is 12.8 Å². The molecule has 1 atom stereocenters. The molecule has 2 rings (SSSR count). The zero-order valence-corrected chi connectivity index (χ0v) is 11.2. The van der Waals surface area contributed by atoms with E-state index in [2.05, 4.69) is 5.32 Å². The number of nitrogens with zero attached hydrogens (tertiary/aromatic N) is 1. The number of hydrogen-bond acceptors (Lipinski definition) is 4. The summed E-state index contributed by atoms with van der Waals surface area (Å²) in [6, 6.07) is 0. The van der Waals surface area contributed by atoms with Gasteiger partial charge in [-0.3, -0.25) is 14.4 Å². The monoisotopic (exact) mass is 268 g/mol. The number of carbonyl (C=O) groups excluding carboxylic acids is 3. The molecule has 0 aromatic rings. The van der Waals surface area contributed by atoms with Crippen LogP contribution in [-0.4, -0.2) is 48.9 Å². The molecule has 1 aliphatic carbocycles. The first-order valence-electron chi connectivity index (χ1n) is 6.81. The molecular weight excluding hydrogens is 248 g/mol. The fourth-order valence-electron chi connectivity index (χ4n) is 2.25. The molecule has 0 radical (unpaired) electrons. The van der Waals surface area contributed by atoms with Crippen LogP contribution in [0.15, 0.2) is 0 Å². The Hall–Kier alpha value is -1.59. The van der Waals surface area contributed by atoms with Crippen LogP contribution in [0.5, 0.6) is 0 Å². The van der Waals surface area contributed by atoms with E-state index < -0.39 is 5.97 Å². The number of ether oxygens (including phenoxy) is 1. The third kappa shape index (κ3) is 3.94. The maximum atomic E-state index is 11.8. The van der Waals surface area contributed by atoms with Gasteiger partial charge in [0.05, 0.1) is 12.5 Å². The van der Waals surface area contributed by atoms with Gasteiger partial charge in [0.15, 0.2) is 0 Å². The van der Waals surface area contributed by atoms with Crippen molar-refractivity contribution in [1.29, 1.82) is 0 Å². The Morgan fingerprint density at radius 1 is 1.42 bits per heavy atom. The van der Waals surface area contributed by atoms with Crippen molar-refractivity contribution in [3.05, 3.63) is 0 Å². The average molecular weight is 268 g/mol. The van der Waals surface area contributed by atoms with Gasteiger partial charge in [0.2, 0.25) is 11.8 Å². The van der Waals surface area contributed by atoms with Crippen molar-refractivity contribution < 1.29 is 19.1 Å². The number of hydrogen-bond donors (Lipinski definition) is 1. The van der Waals surface area contributed by atoms with E-state index in [1.54, 1.807) is 11.8 Å². The van der Waals surface area contributed by atoms with Crippen LogP contribution < -0.4 is 5.32 Å². The summed E-state index contributed by atoms with van der Waals surface area (Å²) in [6.45, 7) is 3.14. The lowest BCUT2D eigenvalue weighted by Crippen LogP contribution is -2.36. The zero-order valence-electron chi connectivity index (χ0n) is 11.2. The SMILES string of the molecule is CCOC(=O)CNC(=O)C1CC(=O)N(CC2CC2)C1. The lowest BCUT2D eigenvalue weighted by atomic mass is 10.1. The van der Waals surface area contributed by atoms with Gasteiger partial charge in [0.1, 0.15) is 6.54 Å². The second kappa shape index (κ2) is 6.04. The van der Waals surface area contributed by atoms with E-state index in [1.807, 2.05) is 0 Å². The Kier molecular flexibility index (Phi) is 4.39. The van der Waals surface area contributed by atoms with Crippen molar-refractivity contribution in [3.8, 4) is 0 Å². The van der Waals surface area contributed by atoms with Gasteiger partial charge in [-0.15, -0.1) is 0 Å². The highest BCUT2D eigenvalue weighted by Crippen LogP contribution is 2.31. The Labute approximate surface area is 112 Å². The summed E-state index contributed by atoms with van der Waals surface area (Å²) in [5.74, 6) is -0.344. The molecule has 0 aromatic carbocycles. The number of likely N-dealkylation sites (tertiary alicyclic amines) is 1. The van der Waals surface area contributed by atoms with E-state index in [0.717, 1.165) is 6.54 Å². The van der Waals surface area contributed by atoms with Crippen molar-refractivity contribution in [2.75, 3.05) is 26.2 Å². The highest BCUT2D eigenvalue weighted by atomic mass is 16.5. The summed E-state index contributed by atoms with van der Waals surface area (Å²) in [5.41, 5.74) is 0. The zero-order chi connectivity index (χ0) is 13.8. The van der Waals surface area contributed by atoms with Crippen LogP contribution in [0.2, 0.25) is 0 Å². The molecule has 106 valence electrons. The minimum Gasteiger partial charge on any atom is -0.465 e. The van der Waals surface area contributed by atoms with Crippen LogP contribution in [0.4, 0.5) is 0 Å².